The predicted molar refractivity (Wildman–Crippen MR) is 72.2 cm³/mol. The molecule has 3 heteroatoms. The Labute approximate surface area is 111 Å². The quantitative estimate of drug-likeness (QED) is 0.886. The number of halogens is 1. The first kappa shape index (κ1) is 12.6. The van der Waals surface area contributed by atoms with Crippen molar-refractivity contribution in [2.24, 2.45) is 0 Å². The number of hydrogen-bond donors (Lipinski definition) is 1. The maximum absolute atomic E-state index is 9.60. The molecule has 0 saturated carbocycles. The molecule has 1 atom stereocenters. The summed E-state index contributed by atoms with van der Waals surface area (Å²) in [6.45, 7) is 1.70. The Morgan fingerprint density at radius 3 is 2.33 bits per heavy atom. The van der Waals surface area contributed by atoms with Gasteiger partial charge in [-0.05, 0) is 53.9 Å². The molecule has 90 valence electrons. The summed E-state index contributed by atoms with van der Waals surface area (Å²) in [4.78, 5) is 0. The smallest absolute Gasteiger partial charge is 0.0991 e. The summed E-state index contributed by atoms with van der Waals surface area (Å²) in [6.07, 6.45) is -0.555. The topological polar surface area (TPSA) is 44.0 Å². The molecule has 0 aliphatic carbocycles. The molecule has 18 heavy (non-hydrogen) atoms. The summed E-state index contributed by atoms with van der Waals surface area (Å²) in [6, 6.07) is 14.8. The van der Waals surface area contributed by atoms with Crippen LogP contribution in [0.15, 0.2) is 42.5 Å². The lowest BCUT2D eigenvalue weighted by atomic mass is 10.0. The highest BCUT2D eigenvalue weighted by atomic mass is 35.5. The van der Waals surface area contributed by atoms with E-state index in [1.54, 1.807) is 25.1 Å². The van der Waals surface area contributed by atoms with Crippen LogP contribution in [0.1, 0.15) is 24.2 Å². The highest BCUT2D eigenvalue weighted by Gasteiger charge is 2.06. The molecule has 0 aromatic heterocycles. The van der Waals surface area contributed by atoms with Crippen molar-refractivity contribution in [3.8, 4) is 17.2 Å². The SMILES string of the molecule is C[C@@H](O)c1cc(Cl)cc(-c2ccc(C#N)cc2)c1. The van der Waals surface area contributed by atoms with E-state index in [0.29, 0.717) is 10.6 Å². The molecular formula is C15H12ClNO. The lowest BCUT2D eigenvalue weighted by Crippen LogP contribution is -1.91. The Morgan fingerprint density at radius 2 is 1.78 bits per heavy atom. The molecule has 0 unspecified atom stereocenters. The summed E-state index contributed by atoms with van der Waals surface area (Å²) in [5.41, 5.74) is 3.31. The van der Waals surface area contributed by atoms with Crippen molar-refractivity contribution in [1.29, 1.82) is 5.26 Å². The monoisotopic (exact) mass is 257 g/mol. The third-order valence-corrected chi connectivity index (χ3v) is 2.97. The fourth-order valence-corrected chi connectivity index (χ4v) is 2.00. The summed E-state index contributed by atoms with van der Waals surface area (Å²) in [5, 5.41) is 18.9. The van der Waals surface area contributed by atoms with E-state index in [0.717, 1.165) is 16.7 Å². The van der Waals surface area contributed by atoms with Crippen LogP contribution in [-0.4, -0.2) is 5.11 Å². The minimum Gasteiger partial charge on any atom is -0.389 e. The van der Waals surface area contributed by atoms with E-state index >= 15 is 0 Å². The van der Waals surface area contributed by atoms with Crippen LogP contribution in [0.3, 0.4) is 0 Å². The van der Waals surface area contributed by atoms with Gasteiger partial charge in [-0.1, -0.05) is 23.7 Å². The van der Waals surface area contributed by atoms with Crippen LogP contribution in [0.4, 0.5) is 0 Å². The molecule has 0 saturated heterocycles. The Hall–Kier alpha value is -1.82. The third-order valence-electron chi connectivity index (χ3n) is 2.75. The van der Waals surface area contributed by atoms with Crippen LogP contribution < -0.4 is 0 Å². The molecule has 0 radical (unpaired) electrons. The fourth-order valence-electron chi connectivity index (χ4n) is 1.76. The molecule has 1 N–H and O–H groups in total. The molecule has 0 aliphatic heterocycles. The first-order valence-electron chi connectivity index (χ1n) is 5.59. The maximum Gasteiger partial charge on any atom is 0.0991 e. The van der Waals surface area contributed by atoms with Crippen molar-refractivity contribution in [1.82, 2.24) is 0 Å². The average Bonchev–Trinajstić information content (AvgIpc) is 2.38. The number of aliphatic hydroxyl groups is 1. The fraction of sp³-hybridized carbons (Fsp3) is 0.133. The van der Waals surface area contributed by atoms with Gasteiger partial charge in [0.2, 0.25) is 0 Å². The Morgan fingerprint density at radius 1 is 1.11 bits per heavy atom. The van der Waals surface area contributed by atoms with Gasteiger partial charge in [0, 0.05) is 5.02 Å². The van der Waals surface area contributed by atoms with Gasteiger partial charge in [0.05, 0.1) is 17.7 Å². The summed E-state index contributed by atoms with van der Waals surface area (Å²) in [5.74, 6) is 0. The Kier molecular flexibility index (Phi) is 3.66. The zero-order valence-electron chi connectivity index (χ0n) is 9.89. The Balaban J connectivity index is 2.46. The molecule has 2 nitrogen and oxygen atoms in total. The number of benzene rings is 2. The van der Waals surface area contributed by atoms with E-state index < -0.39 is 6.10 Å². The van der Waals surface area contributed by atoms with Gasteiger partial charge in [0.15, 0.2) is 0 Å². The number of nitrogens with zero attached hydrogens (tertiary/aromatic N) is 1. The van der Waals surface area contributed by atoms with E-state index in [1.807, 2.05) is 24.3 Å². The number of rotatable bonds is 2. The largest absolute Gasteiger partial charge is 0.389 e. The van der Waals surface area contributed by atoms with E-state index in [4.69, 9.17) is 16.9 Å². The summed E-state index contributed by atoms with van der Waals surface area (Å²) in [7, 11) is 0. The second kappa shape index (κ2) is 5.22. The normalized spacial score (nSPS) is 11.9. The van der Waals surface area contributed by atoms with Gasteiger partial charge in [0.1, 0.15) is 0 Å². The summed E-state index contributed by atoms with van der Waals surface area (Å²) >= 11 is 6.04. The van der Waals surface area contributed by atoms with E-state index in [9.17, 15) is 5.11 Å². The van der Waals surface area contributed by atoms with Gasteiger partial charge >= 0.3 is 0 Å². The van der Waals surface area contributed by atoms with Crippen molar-refractivity contribution in [2.45, 2.75) is 13.0 Å². The minimum absolute atomic E-state index is 0.555. The van der Waals surface area contributed by atoms with Crippen molar-refractivity contribution < 1.29 is 5.11 Å². The highest BCUT2D eigenvalue weighted by Crippen LogP contribution is 2.27. The first-order chi connectivity index (χ1) is 8.60. The van der Waals surface area contributed by atoms with Crippen molar-refractivity contribution in [2.75, 3.05) is 0 Å². The van der Waals surface area contributed by atoms with Gasteiger partial charge in [-0.3, -0.25) is 0 Å². The Bertz CT molecular complexity index is 597. The molecule has 2 aromatic rings. The molecule has 0 fully saturated rings. The second-order valence-electron chi connectivity index (χ2n) is 4.14. The minimum atomic E-state index is -0.555. The van der Waals surface area contributed by atoms with E-state index in [2.05, 4.69) is 6.07 Å². The van der Waals surface area contributed by atoms with Crippen molar-refractivity contribution in [3.05, 3.63) is 58.6 Å². The van der Waals surface area contributed by atoms with E-state index in [1.165, 1.54) is 0 Å². The average molecular weight is 258 g/mol. The first-order valence-corrected chi connectivity index (χ1v) is 5.97. The maximum atomic E-state index is 9.60. The molecule has 0 bridgehead atoms. The van der Waals surface area contributed by atoms with Crippen molar-refractivity contribution >= 4 is 11.6 Å². The van der Waals surface area contributed by atoms with Crippen LogP contribution >= 0.6 is 11.6 Å². The second-order valence-corrected chi connectivity index (χ2v) is 4.57. The van der Waals surface area contributed by atoms with Gasteiger partial charge in [-0.2, -0.15) is 5.26 Å². The van der Waals surface area contributed by atoms with E-state index in [-0.39, 0.29) is 0 Å². The summed E-state index contributed by atoms with van der Waals surface area (Å²) < 4.78 is 0. The number of aliphatic hydroxyl groups excluding tert-OH is 1. The van der Waals surface area contributed by atoms with Gasteiger partial charge in [-0.25, -0.2) is 0 Å². The molecule has 0 amide bonds. The van der Waals surface area contributed by atoms with Crippen LogP contribution in [0.2, 0.25) is 5.02 Å². The number of nitriles is 1. The molecule has 2 aromatic carbocycles. The van der Waals surface area contributed by atoms with Crippen LogP contribution in [-0.2, 0) is 0 Å². The molecule has 0 spiro atoms. The molecular weight excluding hydrogens is 246 g/mol. The van der Waals surface area contributed by atoms with Gasteiger partial charge < -0.3 is 5.11 Å². The van der Waals surface area contributed by atoms with Crippen LogP contribution in [0.25, 0.3) is 11.1 Å². The predicted octanol–water partition coefficient (Wildman–Crippen LogP) is 3.93. The lowest BCUT2D eigenvalue weighted by molar-refractivity contribution is 0.199. The lowest BCUT2D eigenvalue weighted by Gasteiger charge is -2.09. The number of hydrogen-bond acceptors (Lipinski definition) is 2. The van der Waals surface area contributed by atoms with Crippen LogP contribution in [0, 0.1) is 11.3 Å². The molecule has 0 heterocycles. The third kappa shape index (κ3) is 2.70. The highest BCUT2D eigenvalue weighted by molar-refractivity contribution is 6.31. The zero-order chi connectivity index (χ0) is 13.1. The molecule has 0 aliphatic rings. The van der Waals surface area contributed by atoms with Crippen LogP contribution in [0.5, 0.6) is 0 Å². The zero-order valence-corrected chi connectivity index (χ0v) is 10.6. The van der Waals surface area contributed by atoms with Gasteiger partial charge in [0.25, 0.3) is 0 Å². The van der Waals surface area contributed by atoms with Crippen molar-refractivity contribution in [3.63, 3.8) is 0 Å². The molecule has 2 rings (SSSR count). The standard InChI is InChI=1S/C15H12ClNO/c1-10(18)13-6-14(8-15(16)7-13)12-4-2-11(9-17)3-5-12/h2-8,10,18H,1H3/t10-/m1/s1. The van der Waals surface area contributed by atoms with Gasteiger partial charge in [-0.15, -0.1) is 0 Å².